The Bertz CT molecular complexity index is 270. The highest BCUT2D eigenvalue weighted by Gasteiger charge is 2.36. The number of carboxylic acid groups (broad SMARTS) is 1. The van der Waals surface area contributed by atoms with Crippen molar-refractivity contribution in [3.8, 4) is 0 Å². The molecule has 1 saturated heterocycles. The predicted molar refractivity (Wildman–Crippen MR) is 64.9 cm³/mol. The number of carbonyl (C=O) groups excluding carboxylic acids is 1. The van der Waals surface area contributed by atoms with Crippen LogP contribution in [0.3, 0.4) is 0 Å². The van der Waals surface area contributed by atoms with Gasteiger partial charge in [-0.25, -0.2) is 9.59 Å². The summed E-state index contributed by atoms with van der Waals surface area (Å²) in [5.41, 5.74) is -0.581. The third kappa shape index (κ3) is 5.06. The molecular weight excluding hydrogens is 222 g/mol. The Morgan fingerprint density at radius 2 is 1.82 bits per heavy atom. The van der Waals surface area contributed by atoms with Crippen LogP contribution in [0.5, 0.6) is 0 Å². The Morgan fingerprint density at radius 3 is 2.24 bits per heavy atom. The summed E-state index contributed by atoms with van der Waals surface area (Å²) in [6.45, 7) is 9.75. The fourth-order valence-electron chi connectivity index (χ4n) is 1.56. The maximum absolute atomic E-state index is 11.6. The van der Waals surface area contributed by atoms with Crippen LogP contribution in [0.2, 0.25) is 0 Å². The van der Waals surface area contributed by atoms with Crippen LogP contribution in [0.4, 0.5) is 4.79 Å². The minimum absolute atomic E-state index is 0.464. The maximum Gasteiger partial charge on any atom is 0.411 e. The van der Waals surface area contributed by atoms with Gasteiger partial charge in [-0.1, -0.05) is 13.8 Å². The van der Waals surface area contributed by atoms with E-state index in [2.05, 4.69) is 0 Å². The molecule has 1 aliphatic heterocycles. The van der Waals surface area contributed by atoms with Crippen molar-refractivity contribution in [2.24, 2.45) is 0 Å². The lowest BCUT2D eigenvalue weighted by Gasteiger charge is -2.26. The highest BCUT2D eigenvalue weighted by Crippen LogP contribution is 2.20. The molecule has 0 saturated carbocycles. The molecule has 0 aromatic rings. The fraction of sp³-hybridized carbons (Fsp3) is 0.833. The van der Waals surface area contributed by atoms with Crippen LogP contribution in [-0.2, 0) is 9.53 Å². The fourth-order valence-corrected chi connectivity index (χ4v) is 1.56. The van der Waals surface area contributed by atoms with E-state index in [1.807, 2.05) is 13.8 Å². The van der Waals surface area contributed by atoms with E-state index in [1.54, 1.807) is 20.8 Å². The lowest BCUT2D eigenvalue weighted by atomic mass is 10.2. The topological polar surface area (TPSA) is 66.8 Å². The van der Waals surface area contributed by atoms with E-state index in [1.165, 1.54) is 4.90 Å². The normalized spacial score (nSPS) is 19.4. The number of amides is 1. The summed E-state index contributed by atoms with van der Waals surface area (Å²) in [7, 11) is 0. The van der Waals surface area contributed by atoms with Crippen LogP contribution in [-0.4, -0.2) is 40.3 Å². The summed E-state index contributed by atoms with van der Waals surface area (Å²) in [4.78, 5) is 23.7. The average Bonchev–Trinajstić information content (AvgIpc) is 2.66. The number of ether oxygens (including phenoxy) is 1. The minimum atomic E-state index is -0.960. The van der Waals surface area contributed by atoms with E-state index < -0.39 is 23.7 Å². The van der Waals surface area contributed by atoms with E-state index in [9.17, 15) is 9.59 Å². The van der Waals surface area contributed by atoms with Crippen LogP contribution in [0, 0.1) is 0 Å². The van der Waals surface area contributed by atoms with Crippen LogP contribution in [0.25, 0.3) is 0 Å². The number of hydrogen-bond acceptors (Lipinski definition) is 3. The summed E-state index contributed by atoms with van der Waals surface area (Å²) in [5, 5.41) is 8.88. The Hall–Kier alpha value is -1.26. The van der Waals surface area contributed by atoms with Gasteiger partial charge in [0.05, 0.1) is 0 Å². The van der Waals surface area contributed by atoms with Crippen molar-refractivity contribution in [2.45, 2.75) is 59.1 Å². The van der Waals surface area contributed by atoms with Gasteiger partial charge < -0.3 is 9.84 Å². The molecular formula is C12H23NO4. The van der Waals surface area contributed by atoms with Gasteiger partial charge in [0.2, 0.25) is 0 Å². The van der Waals surface area contributed by atoms with Gasteiger partial charge in [0, 0.05) is 6.54 Å². The van der Waals surface area contributed by atoms with Crippen LogP contribution < -0.4 is 0 Å². The van der Waals surface area contributed by atoms with Crippen molar-refractivity contribution in [2.75, 3.05) is 6.54 Å². The van der Waals surface area contributed by atoms with Crippen molar-refractivity contribution in [3.05, 3.63) is 0 Å². The van der Waals surface area contributed by atoms with E-state index in [0.717, 1.165) is 6.42 Å². The van der Waals surface area contributed by atoms with Gasteiger partial charge in [-0.05, 0) is 33.6 Å². The first-order valence-corrected chi connectivity index (χ1v) is 6.04. The van der Waals surface area contributed by atoms with Gasteiger partial charge in [-0.2, -0.15) is 0 Å². The summed E-state index contributed by atoms with van der Waals surface area (Å²) < 4.78 is 5.13. The van der Waals surface area contributed by atoms with Gasteiger partial charge >= 0.3 is 12.1 Å². The molecule has 5 heteroatoms. The van der Waals surface area contributed by atoms with Crippen molar-refractivity contribution in [3.63, 3.8) is 0 Å². The highest BCUT2D eigenvalue weighted by atomic mass is 16.6. The highest BCUT2D eigenvalue weighted by molar-refractivity contribution is 5.80. The molecule has 17 heavy (non-hydrogen) atoms. The van der Waals surface area contributed by atoms with Crippen LogP contribution in [0.1, 0.15) is 47.5 Å². The van der Waals surface area contributed by atoms with E-state index >= 15 is 0 Å². The van der Waals surface area contributed by atoms with E-state index in [0.29, 0.717) is 13.0 Å². The smallest absolute Gasteiger partial charge is 0.411 e. The second-order valence-electron chi connectivity index (χ2n) is 4.67. The number of carboxylic acids is 1. The van der Waals surface area contributed by atoms with Gasteiger partial charge in [0.1, 0.15) is 11.6 Å². The van der Waals surface area contributed by atoms with Crippen LogP contribution in [0.15, 0.2) is 0 Å². The van der Waals surface area contributed by atoms with E-state index in [4.69, 9.17) is 9.84 Å². The maximum atomic E-state index is 11.6. The lowest BCUT2D eigenvalue weighted by Crippen LogP contribution is -2.43. The molecule has 1 N–H and O–H groups in total. The first-order chi connectivity index (χ1) is 7.81. The lowest BCUT2D eigenvalue weighted by molar-refractivity contribution is -0.142. The first kappa shape index (κ1) is 15.7. The number of aliphatic carboxylic acids is 1. The molecule has 1 heterocycles. The van der Waals surface area contributed by atoms with Gasteiger partial charge in [0.15, 0.2) is 0 Å². The van der Waals surface area contributed by atoms with Crippen molar-refractivity contribution < 1.29 is 19.4 Å². The molecule has 1 aliphatic rings. The SMILES string of the molecule is CC.CC(C)(C)OC(=O)N1CCC[C@H]1C(=O)O. The van der Waals surface area contributed by atoms with Crippen LogP contribution >= 0.6 is 0 Å². The summed E-state index contributed by atoms with van der Waals surface area (Å²) in [6, 6.07) is -0.722. The zero-order chi connectivity index (χ0) is 13.6. The standard InChI is InChI=1S/C10H17NO4.C2H6/c1-10(2,3)15-9(14)11-6-4-5-7(11)8(12)13;1-2/h7H,4-6H2,1-3H3,(H,12,13);1-2H3/t7-;/m0./s1. The molecule has 0 aromatic carbocycles. The summed E-state index contributed by atoms with van der Waals surface area (Å²) in [5.74, 6) is -0.960. The largest absolute Gasteiger partial charge is 0.480 e. The monoisotopic (exact) mass is 245 g/mol. The van der Waals surface area contributed by atoms with E-state index in [-0.39, 0.29) is 0 Å². The summed E-state index contributed by atoms with van der Waals surface area (Å²) >= 11 is 0. The molecule has 0 unspecified atom stereocenters. The van der Waals surface area contributed by atoms with Crippen molar-refractivity contribution in [1.29, 1.82) is 0 Å². The zero-order valence-corrected chi connectivity index (χ0v) is 11.3. The molecule has 0 aliphatic carbocycles. The molecule has 0 radical (unpaired) electrons. The molecule has 100 valence electrons. The number of rotatable bonds is 1. The molecule has 1 fully saturated rings. The first-order valence-electron chi connectivity index (χ1n) is 6.04. The second-order valence-corrected chi connectivity index (χ2v) is 4.67. The van der Waals surface area contributed by atoms with Crippen molar-refractivity contribution >= 4 is 12.1 Å². The Balaban J connectivity index is 0.00000121. The quantitative estimate of drug-likeness (QED) is 0.770. The predicted octanol–water partition coefficient (Wildman–Crippen LogP) is 2.50. The molecule has 1 amide bonds. The Labute approximate surface area is 103 Å². The number of likely N-dealkylation sites (tertiary alicyclic amines) is 1. The van der Waals surface area contributed by atoms with Gasteiger partial charge in [0.25, 0.3) is 0 Å². The summed E-state index contributed by atoms with van der Waals surface area (Å²) in [6.07, 6.45) is 0.692. The van der Waals surface area contributed by atoms with Crippen molar-refractivity contribution in [1.82, 2.24) is 4.90 Å². The molecule has 1 rings (SSSR count). The third-order valence-electron chi connectivity index (χ3n) is 2.17. The molecule has 1 atom stereocenters. The second kappa shape index (κ2) is 6.47. The number of carbonyl (C=O) groups is 2. The molecule has 0 bridgehead atoms. The Morgan fingerprint density at radius 1 is 1.29 bits per heavy atom. The number of nitrogens with zero attached hydrogens (tertiary/aromatic N) is 1. The zero-order valence-electron chi connectivity index (χ0n) is 11.3. The number of hydrogen-bond donors (Lipinski definition) is 1. The Kier molecular flexibility index (Phi) is 5.99. The molecule has 0 spiro atoms. The third-order valence-corrected chi connectivity index (χ3v) is 2.17. The van der Waals surface area contributed by atoms with Gasteiger partial charge in [-0.15, -0.1) is 0 Å². The average molecular weight is 245 g/mol. The molecule has 5 nitrogen and oxygen atoms in total. The molecule has 0 aromatic heterocycles. The van der Waals surface area contributed by atoms with Gasteiger partial charge in [-0.3, -0.25) is 4.90 Å². The minimum Gasteiger partial charge on any atom is -0.480 e.